The van der Waals surface area contributed by atoms with Crippen molar-refractivity contribution in [1.29, 1.82) is 0 Å². The number of carbonyl (C=O) groups is 2. The number of nitrogens with two attached hydrogens (primary N) is 1. The fraction of sp³-hybridized carbons (Fsp3) is 0.600. The third-order valence-corrected chi connectivity index (χ3v) is 5.65. The third-order valence-electron chi connectivity index (χ3n) is 5.65. The molecule has 25 heavy (non-hydrogen) atoms. The number of carbonyl (C=O) groups excluding carboxylic acids is 2. The average molecular weight is 343 g/mol. The molecule has 136 valence electrons. The Kier molecular flexibility index (Phi) is 5.61. The van der Waals surface area contributed by atoms with Crippen LogP contribution in [0, 0.1) is 11.8 Å². The molecule has 0 radical (unpaired) electrons. The maximum Gasteiger partial charge on any atom is 0.225 e. The first kappa shape index (κ1) is 17.8. The van der Waals surface area contributed by atoms with Gasteiger partial charge in [-0.25, -0.2) is 0 Å². The molecule has 2 aliphatic rings. The van der Waals surface area contributed by atoms with Gasteiger partial charge in [0, 0.05) is 31.2 Å². The lowest BCUT2D eigenvalue weighted by atomic mass is 9.87. The summed E-state index contributed by atoms with van der Waals surface area (Å²) in [7, 11) is 0. The maximum absolute atomic E-state index is 12.4. The fourth-order valence-electron chi connectivity index (χ4n) is 3.97. The summed E-state index contributed by atoms with van der Waals surface area (Å²) in [6, 6.07) is 8.04. The van der Waals surface area contributed by atoms with E-state index in [1.807, 2.05) is 29.2 Å². The van der Waals surface area contributed by atoms with Gasteiger partial charge >= 0.3 is 0 Å². The SMILES string of the molecule is CC1CCC(N2CC(C(=O)NCCc3ccc(N)cc3)CC2=O)CC1. The van der Waals surface area contributed by atoms with Crippen molar-refractivity contribution in [3.8, 4) is 0 Å². The highest BCUT2D eigenvalue weighted by Crippen LogP contribution is 2.31. The van der Waals surface area contributed by atoms with Crippen LogP contribution in [0.1, 0.15) is 44.6 Å². The van der Waals surface area contributed by atoms with Crippen LogP contribution in [-0.4, -0.2) is 35.8 Å². The van der Waals surface area contributed by atoms with Crippen molar-refractivity contribution in [1.82, 2.24) is 10.2 Å². The van der Waals surface area contributed by atoms with Crippen LogP contribution in [0.25, 0.3) is 0 Å². The van der Waals surface area contributed by atoms with Crippen LogP contribution in [0.5, 0.6) is 0 Å². The Bertz CT molecular complexity index is 606. The number of amides is 2. The number of benzene rings is 1. The molecule has 3 rings (SSSR count). The van der Waals surface area contributed by atoms with Crippen LogP contribution in [0.15, 0.2) is 24.3 Å². The van der Waals surface area contributed by atoms with Crippen molar-refractivity contribution >= 4 is 17.5 Å². The molecule has 1 unspecified atom stereocenters. The highest BCUT2D eigenvalue weighted by molar-refractivity contribution is 5.89. The van der Waals surface area contributed by atoms with Crippen LogP contribution in [0.3, 0.4) is 0 Å². The number of rotatable bonds is 5. The monoisotopic (exact) mass is 343 g/mol. The fourth-order valence-corrected chi connectivity index (χ4v) is 3.97. The third kappa shape index (κ3) is 4.53. The number of nitrogens with one attached hydrogen (secondary N) is 1. The van der Waals surface area contributed by atoms with Gasteiger partial charge in [-0.2, -0.15) is 0 Å². The molecule has 1 aliphatic carbocycles. The van der Waals surface area contributed by atoms with Gasteiger partial charge in [0.25, 0.3) is 0 Å². The van der Waals surface area contributed by atoms with Crippen LogP contribution in [0.2, 0.25) is 0 Å². The summed E-state index contributed by atoms with van der Waals surface area (Å²) in [5.41, 5.74) is 7.57. The van der Waals surface area contributed by atoms with Crippen molar-refractivity contribution in [3.05, 3.63) is 29.8 Å². The molecule has 1 aliphatic heterocycles. The van der Waals surface area contributed by atoms with Gasteiger partial charge in [-0.3, -0.25) is 9.59 Å². The summed E-state index contributed by atoms with van der Waals surface area (Å²) in [5.74, 6) is 0.730. The Hall–Kier alpha value is -2.04. The number of hydrogen-bond acceptors (Lipinski definition) is 3. The van der Waals surface area contributed by atoms with Gasteiger partial charge in [0.05, 0.1) is 5.92 Å². The topological polar surface area (TPSA) is 75.4 Å². The van der Waals surface area contributed by atoms with E-state index in [1.54, 1.807) is 0 Å². The second-order valence-corrected chi connectivity index (χ2v) is 7.64. The lowest BCUT2D eigenvalue weighted by molar-refractivity contribution is -0.130. The Morgan fingerprint density at radius 3 is 2.56 bits per heavy atom. The number of anilines is 1. The highest BCUT2D eigenvalue weighted by atomic mass is 16.2. The Morgan fingerprint density at radius 1 is 1.20 bits per heavy atom. The van der Waals surface area contributed by atoms with E-state index in [1.165, 1.54) is 12.8 Å². The molecule has 0 aromatic heterocycles. The minimum atomic E-state index is -0.196. The zero-order valence-corrected chi connectivity index (χ0v) is 15.0. The molecular weight excluding hydrogens is 314 g/mol. The molecule has 2 fully saturated rings. The van der Waals surface area contributed by atoms with Crippen molar-refractivity contribution in [3.63, 3.8) is 0 Å². The van der Waals surface area contributed by atoms with Crippen molar-refractivity contribution in [2.45, 2.75) is 51.5 Å². The summed E-state index contributed by atoms with van der Waals surface area (Å²) < 4.78 is 0. The van der Waals surface area contributed by atoms with E-state index in [9.17, 15) is 9.59 Å². The van der Waals surface area contributed by atoms with Gasteiger partial charge in [0.15, 0.2) is 0 Å². The quantitative estimate of drug-likeness (QED) is 0.806. The molecule has 2 amide bonds. The van der Waals surface area contributed by atoms with E-state index in [4.69, 9.17) is 5.73 Å². The zero-order chi connectivity index (χ0) is 17.8. The predicted molar refractivity (Wildman–Crippen MR) is 98.8 cm³/mol. The first-order chi connectivity index (χ1) is 12.0. The second kappa shape index (κ2) is 7.89. The standard InChI is InChI=1S/C20H29N3O2/c1-14-2-8-18(9-3-14)23-13-16(12-19(23)24)20(25)22-11-10-15-4-6-17(21)7-5-15/h4-7,14,16,18H,2-3,8-13,21H2,1H3,(H,22,25). The molecular formula is C20H29N3O2. The maximum atomic E-state index is 12.4. The molecule has 5 nitrogen and oxygen atoms in total. The summed E-state index contributed by atoms with van der Waals surface area (Å²) in [5, 5.41) is 2.99. The first-order valence-electron chi connectivity index (χ1n) is 9.44. The van der Waals surface area contributed by atoms with Gasteiger partial charge in [-0.15, -0.1) is 0 Å². The number of hydrogen-bond donors (Lipinski definition) is 2. The van der Waals surface area contributed by atoms with E-state index >= 15 is 0 Å². The van der Waals surface area contributed by atoms with E-state index in [-0.39, 0.29) is 17.7 Å². The van der Waals surface area contributed by atoms with E-state index in [2.05, 4.69) is 12.2 Å². The van der Waals surface area contributed by atoms with Crippen molar-refractivity contribution < 1.29 is 9.59 Å². The Balaban J connectivity index is 1.45. The number of likely N-dealkylation sites (tertiary alicyclic amines) is 1. The lowest BCUT2D eigenvalue weighted by Crippen LogP contribution is -2.40. The minimum Gasteiger partial charge on any atom is -0.399 e. The van der Waals surface area contributed by atoms with Gasteiger partial charge in [0.1, 0.15) is 0 Å². The van der Waals surface area contributed by atoms with E-state index in [0.29, 0.717) is 25.6 Å². The predicted octanol–water partition coefficient (Wildman–Crippen LogP) is 2.35. The van der Waals surface area contributed by atoms with Crippen LogP contribution < -0.4 is 11.1 Å². The average Bonchev–Trinajstić information content (AvgIpc) is 2.99. The summed E-state index contributed by atoms with van der Waals surface area (Å²) in [6.45, 7) is 3.46. The van der Waals surface area contributed by atoms with Crippen LogP contribution >= 0.6 is 0 Å². The Labute approximate surface area is 150 Å². The van der Waals surface area contributed by atoms with Crippen molar-refractivity contribution in [2.75, 3.05) is 18.8 Å². The molecule has 0 bridgehead atoms. The Morgan fingerprint density at radius 2 is 1.88 bits per heavy atom. The smallest absolute Gasteiger partial charge is 0.225 e. The lowest BCUT2D eigenvalue weighted by Gasteiger charge is -2.33. The van der Waals surface area contributed by atoms with E-state index in [0.717, 1.165) is 36.4 Å². The molecule has 1 saturated carbocycles. The summed E-state index contributed by atoms with van der Waals surface area (Å²) in [6.07, 6.45) is 5.67. The first-order valence-corrected chi connectivity index (χ1v) is 9.44. The van der Waals surface area contributed by atoms with Crippen molar-refractivity contribution in [2.24, 2.45) is 11.8 Å². The molecule has 5 heteroatoms. The summed E-state index contributed by atoms with van der Waals surface area (Å²) in [4.78, 5) is 26.7. The second-order valence-electron chi connectivity index (χ2n) is 7.64. The largest absolute Gasteiger partial charge is 0.399 e. The molecule has 3 N–H and O–H groups in total. The van der Waals surface area contributed by atoms with E-state index < -0.39 is 0 Å². The number of nitrogens with zero attached hydrogens (tertiary/aromatic N) is 1. The van der Waals surface area contributed by atoms with Gasteiger partial charge in [0.2, 0.25) is 11.8 Å². The van der Waals surface area contributed by atoms with Gasteiger partial charge in [-0.1, -0.05) is 19.1 Å². The number of nitrogen functional groups attached to an aromatic ring is 1. The molecule has 1 saturated heterocycles. The van der Waals surface area contributed by atoms with Gasteiger partial charge < -0.3 is 16.0 Å². The molecule has 1 atom stereocenters. The highest BCUT2D eigenvalue weighted by Gasteiger charge is 2.38. The molecule has 1 aromatic rings. The molecule has 0 spiro atoms. The zero-order valence-electron chi connectivity index (χ0n) is 15.0. The summed E-state index contributed by atoms with van der Waals surface area (Å²) >= 11 is 0. The minimum absolute atomic E-state index is 0.00970. The normalized spacial score (nSPS) is 26.7. The molecule has 1 aromatic carbocycles. The molecule has 1 heterocycles. The van der Waals surface area contributed by atoms with Crippen LogP contribution in [0.4, 0.5) is 5.69 Å². The van der Waals surface area contributed by atoms with Gasteiger partial charge in [-0.05, 0) is 55.7 Å². The van der Waals surface area contributed by atoms with Crippen LogP contribution in [-0.2, 0) is 16.0 Å².